The van der Waals surface area contributed by atoms with E-state index in [1.165, 1.54) is 0 Å². The summed E-state index contributed by atoms with van der Waals surface area (Å²) in [7, 11) is 1.68. The molecule has 1 aliphatic carbocycles. The Labute approximate surface area is 89.0 Å². The molecule has 86 valence electrons. The molecule has 1 rings (SSSR count). The summed E-state index contributed by atoms with van der Waals surface area (Å²) in [5.41, 5.74) is 0. The van der Waals surface area contributed by atoms with Crippen molar-refractivity contribution in [2.45, 2.75) is 13.3 Å². The van der Waals surface area contributed by atoms with Gasteiger partial charge in [0.05, 0.1) is 18.4 Å². The number of carboxylic acids is 1. The molecule has 0 aromatic heterocycles. The summed E-state index contributed by atoms with van der Waals surface area (Å²) in [6.45, 7) is 3.55. The summed E-state index contributed by atoms with van der Waals surface area (Å²) in [5.74, 6) is -1.73. The highest BCUT2D eigenvalue weighted by atomic mass is 16.5. The molecule has 0 aromatic rings. The van der Waals surface area contributed by atoms with Gasteiger partial charge in [0.15, 0.2) is 0 Å². The van der Waals surface area contributed by atoms with Crippen LogP contribution in [0.25, 0.3) is 0 Å². The van der Waals surface area contributed by atoms with Gasteiger partial charge in [0.25, 0.3) is 0 Å². The smallest absolute Gasteiger partial charge is 0.307 e. The molecule has 0 aliphatic heterocycles. The Morgan fingerprint density at radius 3 is 2.60 bits per heavy atom. The first-order chi connectivity index (χ1) is 7.07. The zero-order chi connectivity index (χ0) is 11.4. The van der Waals surface area contributed by atoms with Gasteiger partial charge in [0, 0.05) is 20.2 Å². The van der Waals surface area contributed by atoms with E-state index in [0.29, 0.717) is 26.2 Å². The van der Waals surface area contributed by atoms with Crippen LogP contribution in [0.15, 0.2) is 0 Å². The summed E-state index contributed by atoms with van der Waals surface area (Å²) < 4.78 is 5.12. The molecule has 0 bridgehead atoms. The van der Waals surface area contributed by atoms with Crippen molar-refractivity contribution < 1.29 is 19.4 Å². The van der Waals surface area contributed by atoms with Crippen LogP contribution in [0.2, 0.25) is 0 Å². The van der Waals surface area contributed by atoms with Crippen molar-refractivity contribution in [3.63, 3.8) is 0 Å². The predicted molar refractivity (Wildman–Crippen MR) is 53.4 cm³/mol. The van der Waals surface area contributed by atoms with Crippen molar-refractivity contribution in [3.8, 4) is 0 Å². The summed E-state index contributed by atoms with van der Waals surface area (Å²) >= 11 is 0. The van der Waals surface area contributed by atoms with Gasteiger partial charge in [0.1, 0.15) is 0 Å². The molecular weight excluding hydrogens is 198 g/mol. The van der Waals surface area contributed by atoms with Gasteiger partial charge in [-0.15, -0.1) is 0 Å². The third-order valence-electron chi connectivity index (χ3n) is 2.58. The van der Waals surface area contributed by atoms with E-state index in [0.717, 1.165) is 0 Å². The molecule has 0 radical (unpaired) electrons. The first-order valence-electron chi connectivity index (χ1n) is 5.13. The van der Waals surface area contributed by atoms with Crippen LogP contribution in [0.4, 0.5) is 0 Å². The Balaban J connectivity index is 2.26. The normalized spacial score (nSPS) is 23.6. The van der Waals surface area contributed by atoms with E-state index >= 15 is 0 Å². The van der Waals surface area contributed by atoms with E-state index in [1.54, 1.807) is 11.9 Å². The van der Waals surface area contributed by atoms with Crippen molar-refractivity contribution in [3.05, 3.63) is 0 Å². The fourth-order valence-corrected chi connectivity index (χ4v) is 1.48. The van der Waals surface area contributed by atoms with Gasteiger partial charge in [-0.25, -0.2) is 0 Å². The average Bonchev–Trinajstić information content (AvgIpc) is 2.96. The number of nitrogens with zero attached hydrogens (tertiary/aromatic N) is 1. The highest BCUT2D eigenvalue weighted by Gasteiger charge is 2.49. The lowest BCUT2D eigenvalue weighted by molar-refractivity contribution is -0.141. The molecular formula is C10H17NO4. The molecule has 5 heteroatoms. The predicted octanol–water partition coefficient (Wildman–Crippen LogP) is 0.202. The Morgan fingerprint density at radius 1 is 1.47 bits per heavy atom. The first kappa shape index (κ1) is 12.0. The zero-order valence-corrected chi connectivity index (χ0v) is 9.10. The van der Waals surface area contributed by atoms with Crippen LogP contribution in [-0.4, -0.2) is 48.7 Å². The minimum Gasteiger partial charge on any atom is -0.481 e. The summed E-state index contributed by atoms with van der Waals surface area (Å²) in [4.78, 5) is 23.7. The summed E-state index contributed by atoms with van der Waals surface area (Å²) in [6.07, 6.45) is 0.479. The molecule has 15 heavy (non-hydrogen) atoms. The molecule has 1 saturated carbocycles. The fraction of sp³-hybridized carbons (Fsp3) is 0.800. The van der Waals surface area contributed by atoms with Gasteiger partial charge in [-0.1, -0.05) is 0 Å². The molecule has 0 saturated heterocycles. The molecule has 1 amide bonds. The second-order valence-electron chi connectivity index (χ2n) is 3.74. The maximum atomic E-state index is 11.6. The van der Waals surface area contributed by atoms with Crippen molar-refractivity contribution >= 4 is 11.9 Å². The Hall–Kier alpha value is -1.10. The SMILES string of the molecule is CCOCCN(C)C(=O)[C@@H]1C[C@@H]1C(=O)O. The molecule has 0 heterocycles. The second-order valence-corrected chi connectivity index (χ2v) is 3.74. The monoisotopic (exact) mass is 215 g/mol. The van der Waals surface area contributed by atoms with Crippen molar-refractivity contribution in [1.82, 2.24) is 4.90 Å². The molecule has 0 aromatic carbocycles. The van der Waals surface area contributed by atoms with Gasteiger partial charge in [-0.3, -0.25) is 9.59 Å². The minimum atomic E-state index is -0.869. The molecule has 1 fully saturated rings. The van der Waals surface area contributed by atoms with Crippen molar-refractivity contribution in [2.24, 2.45) is 11.8 Å². The Kier molecular flexibility index (Phi) is 4.08. The summed E-state index contributed by atoms with van der Waals surface area (Å²) in [6, 6.07) is 0. The standard InChI is InChI=1S/C10H17NO4/c1-3-15-5-4-11(2)9(12)7-6-8(7)10(13)14/h7-8H,3-6H2,1-2H3,(H,13,14)/t7-,8+/m1/s1. The number of ether oxygens (including phenoxy) is 1. The first-order valence-corrected chi connectivity index (χ1v) is 5.13. The van der Waals surface area contributed by atoms with Gasteiger partial charge in [0.2, 0.25) is 5.91 Å². The Morgan fingerprint density at radius 2 is 2.13 bits per heavy atom. The van der Waals surface area contributed by atoms with Gasteiger partial charge in [-0.2, -0.15) is 0 Å². The van der Waals surface area contributed by atoms with E-state index < -0.39 is 11.9 Å². The van der Waals surface area contributed by atoms with Crippen LogP contribution < -0.4 is 0 Å². The highest BCUT2D eigenvalue weighted by molar-refractivity contribution is 5.89. The average molecular weight is 215 g/mol. The van der Waals surface area contributed by atoms with E-state index in [2.05, 4.69) is 0 Å². The van der Waals surface area contributed by atoms with Gasteiger partial charge >= 0.3 is 5.97 Å². The topological polar surface area (TPSA) is 66.8 Å². The number of aliphatic carboxylic acids is 1. The number of carbonyl (C=O) groups is 2. The molecule has 0 spiro atoms. The number of carbonyl (C=O) groups excluding carboxylic acids is 1. The van der Waals surface area contributed by atoms with E-state index in [1.807, 2.05) is 6.92 Å². The van der Waals surface area contributed by atoms with E-state index in [4.69, 9.17) is 9.84 Å². The Bertz CT molecular complexity index is 254. The third-order valence-corrected chi connectivity index (χ3v) is 2.58. The molecule has 0 unspecified atom stereocenters. The highest BCUT2D eigenvalue weighted by Crippen LogP contribution is 2.39. The minimum absolute atomic E-state index is 0.0814. The quantitative estimate of drug-likeness (QED) is 0.643. The number of rotatable bonds is 6. The number of amides is 1. The number of hydrogen-bond donors (Lipinski definition) is 1. The van der Waals surface area contributed by atoms with E-state index in [-0.39, 0.29) is 11.8 Å². The van der Waals surface area contributed by atoms with Gasteiger partial charge in [-0.05, 0) is 13.3 Å². The maximum Gasteiger partial charge on any atom is 0.307 e. The maximum absolute atomic E-state index is 11.6. The third kappa shape index (κ3) is 3.20. The van der Waals surface area contributed by atoms with Crippen molar-refractivity contribution in [2.75, 3.05) is 26.8 Å². The zero-order valence-electron chi connectivity index (χ0n) is 9.10. The molecule has 5 nitrogen and oxygen atoms in total. The lowest BCUT2D eigenvalue weighted by atomic mass is 10.3. The second kappa shape index (κ2) is 5.11. The number of hydrogen-bond acceptors (Lipinski definition) is 3. The van der Waals surface area contributed by atoms with Crippen LogP contribution in [0.5, 0.6) is 0 Å². The van der Waals surface area contributed by atoms with Gasteiger partial charge < -0.3 is 14.7 Å². The van der Waals surface area contributed by atoms with Crippen LogP contribution in [0.1, 0.15) is 13.3 Å². The van der Waals surface area contributed by atoms with Crippen LogP contribution in [-0.2, 0) is 14.3 Å². The van der Waals surface area contributed by atoms with Crippen molar-refractivity contribution in [1.29, 1.82) is 0 Å². The lowest BCUT2D eigenvalue weighted by Gasteiger charge is -2.16. The fourth-order valence-electron chi connectivity index (χ4n) is 1.48. The van der Waals surface area contributed by atoms with Crippen LogP contribution in [0.3, 0.4) is 0 Å². The van der Waals surface area contributed by atoms with E-state index in [9.17, 15) is 9.59 Å². The lowest BCUT2D eigenvalue weighted by Crippen LogP contribution is -2.32. The summed E-state index contributed by atoms with van der Waals surface area (Å²) in [5, 5.41) is 8.67. The molecule has 1 aliphatic rings. The van der Waals surface area contributed by atoms with Crippen LogP contribution in [0, 0.1) is 11.8 Å². The number of carboxylic acid groups (broad SMARTS) is 1. The largest absolute Gasteiger partial charge is 0.481 e. The molecule has 1 N–H and O–H groups in total. The number of likely N-dealkylation sites (N-methyl/N-ethyl adjacent to an activating group) is 1. The molecule has 2 atom stereocenters. The van der Waals surface area contributed by atoms with Crippen LogP contribution >= 0.6 is 0 Å².